The van der Waals surface area contributed by atoms with Gasteiger partial charge in [0, 0.05) is 18.7 Å². The van der Waals surface area contributed by atoms with Gasteiger partial charge in [-0.25, -0.2) is 4.39 Å². The van der Waals surface area contributed by atoms with Crippen LogP contribution in [-0.4, -0.2) is 24.5 Å². The van der Waals surface area contributed by atoms with Crippen molar-refractivity contribution < 1.29 is 4.39 Å². The van der Waals surface area contributed by atoms with Crippen molar-refractivity contribution in [1.82, 2.24) is 4.90 Å². The average Bonchev–Trinajstić information content (AvgIpc) is 2.30. The molecule has 0 spiro atoms. The van der Waals surface area contributed by atoms with Crippen molar-refractivity contribution in [2.75, 3.05) is 19.6 Å². The summed E-state index contributed by atoms with van der Waals surface area (Å²) < 4.78 is 13.5. The quantitative estimate of drug-likeness (QED) is 0.716. The van der Waals surface area contributed by atoms with Crippen molar-refractivity contribution in [3.05, 3.63) is 48.6 Å². The van der Waals surface area contributed by atoms with E-state index < -0.39 is 0 Å². The zero-order valence-electron chi connectivity index (χ0n) is 8.75. The normalized spacial score (nSPS) is 17.6. The molecule has 2 rings (SSSR count). The second-order valence-electron chi connectivity index (χ2n) is 3.76. The second-order valence-corrected chi connectivity index (χ2v) is 3.76. The number of hydrogen-bond acceptors (Lipinski definition) is 1. The van der Waals surface area contributed by atoms with Gasteiger partial charge in [0.2, 0.25) is 0 Å². The lowest BCUT2D eigenvalue weighted by Crippen LogP contribution is -2.28. The van der Waals surface area contributed by atoms with Crippen LogP contribution in [-0.2, 0) is 0 Å². The molecule has 2 heteroatoms. The van der Waals surface area contributed by atoms with Gasteiger partial charge in [-0.1, -0.05) is 24.3 Å². The number of halogens is 1. The molecule has 0 N–H and O–H groups in total. The molecular weight excluding hydrogens is 189 g/mol. The van der Waals surface area contributed by atoms with Gasteiger partial charge in [-0.2, -0.15) is 0 Å². The van der Waals surface area contributed by atoms with E-state index in [1.54, 1.807) is 6.07 Å². The van der Waals surface area contributed by atoms with E-state index in [9.17, 15) is 4.39 Å². The molecule has 1 aromatic rings. The summed E-state index contributed by atoms with van der Waals surface area (Å²) >= 11 is 0. The molecule has 79 valence electrons. The minimum Gasteiger partial charge on any atom is -0.299 e. The lowest BCUT2D eigenvalue weighted by Gasteiger charge is -2.24. The molecule has 0 aromatic heterocycles. The minimum absolute atomic E-state index is 0.119. The highest BCUT2D eigenvalue weighted by Gasteiger charge is 2.13. The summed E-state index contributed by atoms with van der Waals surface area (Å²) in [6.07, 6.45) is 3.02. The molecule has 0 atom stereocenters. The van der Waals surface area contributed by atoms with Gasteiger partial charge in [-0.3, -0.25) is 4.90 Å². The van der Waals surface area contributed by atoms with Gasteiger partial charge in [0.05, 0.1) is 0 Å². The maximum Gasteiger partial charge on any atom is 0.130 e. The molecule has 1 aromatic carbocycles. The van der Waals surface area contributed by atoms with Crippen LogP contribution in [0.2, 0.25) is 0 Å². The molecule has 1 radical (unpaired) electrons. The monoisotopic (exact) mass is 204 g/mol. The fourth-order valence-electron chi connectivity index (χ4n) is 1.88. The molecule has 0 bridgehead atoms. The summed E-state index contributed by atoms with van der Waals surface area (Å²) in [5.41, 5.74) is 1.87. The van der Waals surface area contributed by atoms with Crippen LogP contribution in [0.1, 0.15) is 12.0 Å². The fourth-order valence-corrected chi connectivity index (χ4v) is 1.88. The van der Waals surface area contributed by atoms with Gasteiger partial charge in [-0.05, 0) is 31.5 Å². The van der Waals surface area contributed by atoms with Gasteiger partial charge in [0.15, 0.2) is 0 Å². The number of benzene rings is 1. The first kappa shape index (κ1) is 10.4. The van der Waals surface area contributed by atoms with Crippen LogP contribution in [0.3, 0.4) is 0 Å². The zero-order chi connectivity index (χ0) is 10.7. The van der Waals surface area contributed by atoms with Crippen LogP contribution in [0.25, 0.3) is 5.57 Å². The number of rotatable bonds is 2. The van der Waals surface area contributed by atoms with Crippen molar-refractivity contribution in [3.63, 3.8) is 0 Å². The second kappa shape index (κ2) is 4.58. The SMILES string of the molecule is [CH2]CN1CC=C(c2ccccc2F)CC1. The highest BCUT2D eigenvalue weighted by atomic mass is 19.1. The van der Waals surface area contributed by atoms with E-state index in [0.29, 0.717) is 0 Å². The van der Waals surface area contributed by atoms with Crippen LogP contribution >= 0.6 is 0 Å². The predicted molar refractivity (Wildman–Crippen MR) is 60.8 cm³/mol. The maximum absolute atomic E-state index is 13.5. The van der Waals surface area contributed by atoms with E-state index in [1.807, 2.05) is 12.1 Å². The predicted octanol–water partition coefficient (Wildman–Crippen LogP) is 2.75. The third-order valence-electron chi connectivity index (χ3n) is 2.83. The molecule has 0 saturated carbocycles. The van der Waals surface area contributed by atoms with Crippen LogP contribution < -0.4 is 0 Å². The third-order valence-corrected chi connectivity index (χ3v) is 2.83. The van der Waals surface area contributed by atoms with E-state index in [-0.39, 0.29) is 5.82 Å². The Morgan fingerprint density at radius 3 is 2.73 bits per heavy atom. The zero-order valence-corrected chi connectivity index (χ0v) is 8.75. The standard InChI is InChI=1S/C13H15FN/c1-2-15-9-7-11(8-10-15)12-5-3-4-6-13(12)14/h3-7H,1-2,8-10H2. The van der Waals surface area contributed by atoms with Gasteiger partial charge < -0.3 is 0 Å². The molecule has 1 aliphatic heterocycles. The van der Waals surface area contributed by atoms with E-state index in [0.717, 1.165) is 37.2 Å². The van der Waals surface area contributed by atoms with E-state index in [4.69, 9.17) is 0 Å². The molecule has 0 amide bonds. The van der Waals surface area contributed by atoms with Crippen LogP contribution in [0, 0.1) is 12.7 Å². The molecule has 1 heterocycles. The summed E-state index contributed by atoms with van der Waals surface area (Å²) in [4.78, 5) is 2.24. The Hall–Kier alpha value is -1.15. The average molecular weight is 204 g/mol. The Balaban J connectivity index is 2.19. The largest absolute Gasteiger partial charge is 0.299 e. The number of hydrogen-bond donors (Lipinski definition) is 0. The number of nitrogens with zero attached hydrogens (tertiary/aromatic N) is 1. The van der Waals surface area contributed by atoms with Crippen LogP contribution in [0.5, 0.6) is 0 Å². The smallest absolute Gasteiger partial charge is 0.130 e. The maximum atomic E-state index is 13.5. The first-order valence-corrected chi connectivity index (χ1v) is 5.27. The third kappa shape index (κ3) is 2.26. The molecule has 1 aliphatic rings. The summed E-state index contributed by atoms with van der Waals surface area (Å²) in [5, 5.41) is 0. The molecule has 0 fully saturated rings. The summed E-state index contributed by atoms with van der Waals surface area (Å²) in [6, 6.07) is 6.97. The van der Waals surface area contributed by atoms with Gasteiger partial charge in [0.25, 0.3) is 0 Å². The van der Waals surface area contributed by atoms with Crippen LogP contribution in [0.15, 0.2) is 30.3 Å². The van der Waals surface area contributed by atoms with Crippen molar-refractivity contribution in [2.45, 2.75) is 6.42 Å². The molecule has 1 nitrogen and oxygen atoms in total. The van der Waals surface area contributed by atoms with Crippen LogP contribution in [0.4, 0.5) is 4.39 Å². The van der Waals surface area contributed by atoms with Crippen molar-refractivity contribution in [2.24, 2.45) is 0 Å². The Morgan fingerprint density at radius 1 is 1.33 bits per heavy atom. The minimum atomic E-state index is -0.119. The first-order chi connectivity index (χ1) is 7.31. The lowest BCUT2D eigenvalue weighted by atomic mass is 9.99. The summed E-state index contributed by atoms with van der Waals surface area (Å²) in [7, 11) is 0. The Morgan fingerprint density at radius 2 is 2.13 bits per heavy atom. The van der Waals surface area contributed by atoms with E-state index in [1.165, 1.54) is 6.07 Å². The first-order valence-electron chi connectivity index (χ1n) is 5.27. The Labute approximate surface area is 90.2 Å². The summed E-state index contributed by atoms with van der Waals surface area (Å²) in [5.74, 6) is -0.119. The Kier molecular flexibility index (Phi) is 3.17. The van der Waals surface area contributed by atoms with Gasteiger partial charge >= 0.3 is 0 Å². The Bertz CT molecular complexity index is 371. The highest BCUT2D eigenvalue weighted by Crippen LogP contribution is 2.24. The highest BCUT2D eigenvalue weighted by molar-refractivity contribution is 5.66. The molecular formula is C13H15FN. The van der Waals surface area contributed by atoms with E-state index >= 15 is 0 Å². The van der Waals surface area contributed by atoms with E-state index in [2.05, 4.69) is 17.9 Å². The summed E-state index contributed by atoms with van der Waals surface area (Å²) in [6.45, 7) is 6.53. The fraction of sp³-hybridized carbons (Fsp3) is 0.308. The lowest BCUT2D eigenvalue weighted by molar-refractivity contribution is 0.333. The molecule has 0 aliphatic carbocycles. The van der Waals surface area contributed by atoms with Crippen molar-refractivity contribution in [3.8, 4) is 0 Å². The topological polar surface area (TPSA) is 3.24 Å². The van der Waals surface area contributed by atoms with Crippen molar-refractivity contribution >= 4 is 5.57 Å². The van der Waals surface area contributed by atoms with Gasteiger partial charge in [0.1, 0.15) is 5.82 Å². The van der Waals surface area contributed by atoms with Crippen molar-refractivity contribution in [1.29, 1.82) is 0 Å². The molecule has 0 saturated heterocycles. The van der Waals surface area contributed by atoms with Gasteiger partial charge in [-0.15, -0.1) is 0 Å². The molecule has 0 unspecified atom stereocenters. The molecule has 15 heavy (non-hydrogen) atoms.